The van der Waals surface area contributed by atoms with Gasteiger partial charge in [-0.3, -0.25) is 9.89 Å². The van der Waals surface area contributed by atoms with Crippen molar-refractivity contribution in [1.82, 2.24) is 25.1 Å². The minimum atomic E-state index is -4.14. The van der Waals surface area contributed by atoms with Gasteiger partial charge in [0.2, 0.25) is 0 Å². The summed E-state index contributed by atoms with van der Waals surface area (Å²) in [5.41, 5.74) is 0. The van der Waals surface area contributed by atoms with Crippen LogP contribution >= 0.6 is 24.0 Å². The van der Waals surface area contributed by atoms with Crippen LogP contribution in [0.2, 0.25) is 0 Å². The summed E-state index contributed by atoms with van der Waals surface area (Å²) in [4.78, 5) is 9.46. The molecule has 0 amide bonds. The van der Waals surface area contributed by atoms with E-state index in [9.17, 15) is 13.2 Å². The van der Waals surface area contributed by atoms with Crippen molar-refractivity contribution >= 4 is 29.9 Å². The molecule has 1 aliphatic rings. The summed E-state index contributed by atoms with van der Waals surface area (Å²) in [6.45, 7) is 1.38. The maximum Gasteiger partial charge on any atom is 0.401 e. The van der Waals surface area contributed by atoms with Crippen molar-refractivity contribution in [2.75, 3.05) is 33.2 Å². The van der Waals surface area contributed by atoms with Crippen molar-refractivity contribution in [3.63, 3.8) is 0 Å². The van der Waals surface area contributed by atoms with Crippen LogP contribution in [-0.4, -0.2) is 65.9 Å². The number of guanidine groups is 1. The van der Waals surface area contributed by atoms with Crippen molar-refractivity contribution in [3.8, 4) is 0 Å². The van der Waals surface area contributed by atoms with E-state index in [0.717, 1.165) is 6.54 Å². The molecule has 0 bridgehead atoms. The fourth-order valence-corrected chi connectivity index (χ4v) is 2.46. The van der Waals surface area contributed by atoms with E-state index in [0.29, 0.717) is 32.0 Å². The van der Waals surface area contributed by atoms with Gasteiger partial charge in [-0.2, -0.15) is 13.2 Å². The Labute approximate surface area is 150 Å². The number of aromatic nitrogens is 2. The lowest BCUT2D eigenvalue weighted by Crippen LogP contribution is -2.45. The third-order valence-corrected chi connectivity index (χ3v) is 3.46. The summed E-state index contributed by atoms with van der Waals surface area (Å²) in [7, 11) is 1.65. The van der Waals surface area contributed by atoms with Gasteiger partial charge in [-0.1, -0.05) is 0 Å². The molecule has 0 spiro atoms. The number of nitrogens with zero attached hydrogens (tertiary/aromatic N) is 4. The predicted molar refractivity (Wildman–Crippen MR) is 93.0 cm³/mol. The van der Waals surface area contributed by atoms with Crippen LogP contribution in [0.25, 0.3) is 0 Å². The smallest absolute Gasteiger partial charge is 0.355 e. The Bertz CT molecular complexity index is 477. The second-order valence-electron chi connectivity index (χ2n) is 5.28. The molecule has 6 nitrogen and oxygen atoms in total. The number of halogens is 4. The fourth-order valence-electron chi connectivity index (χ4n) is 2.46. The van der Waals surface area contributed by atoms with Crippen LogP contribution in [-0.2, 0) is 6.54 Å². The number of nitrogens with one attached hydrogen (secondary N) is 2. The van der Waals surface area contributed by atoms with Crippen LogP contribution in [0.3, 0.4) is 0 Å². The average molecular weight is 446 g/mol. The van der Waals surface area contributed by atoms with E-state index in [4.69, 9.17) is 0 Å². The zero-order valence-corrected chi connectivity index (χ0v) is 15.2. The maximum atomic E-state index is 12.4. The number of hydrogen-bond donors (Lipinski definition) is 2. The summed E-state index contributed by atoms with van der Waals surface area (Å²) in [5, 5.41) is 6.31. The lowest BCUT2D eigenvalue weighted by atomic mass is 10.3. The van der Waals surface area contributed by atoms with E-state index in [1.165, 1.54) is 4.90 Å². The number of aliphatic imine (C=N–C) groups is 1. The van der Waals surface area contributed by atoms with Crippen molar-refractivity contribution < 1.29 is 13.2 Å². The number of alkyl halides is 3. The first-order chi connectivity index (χ1) is 10.5. The average Bonchev–Trinajstić information content (AvgIpc) is 3.08. The van der Waals surface area contributed by atoms with Crippen LogP contribution in [0.15, 0.2) is 23.7 Å². The van der Waals surface area contributed by atoms with Crippen LogP contribution in [0.1, 0.15) is 6.42 Å². The highest BCUT2D eigenvalue weighted by molar-refractivity contribution is 14.0. The first kappa shape index (κ1) is 20.0. The van der Waals surface area contributed by atoms with E-state index < -0.39 is 12.7 Å². The molecule has 132 valence electrons. The van der Waals surface area contributed by atoms with Crippen LogP contribution < -0.4 is 10.6 Å². The highest BCUT2D eigenvalue weighted by Crippen LogP contribution is 2.19. The molecule has 0 radical (unpaired) electrons. The SMILES string of the molecule is CN=C(NCCn1ccnc1)NC1CCN(CC(F)(F)F)C1.I. The molecular formula is C13H22F3IN6. The van der Waals surface area contributed by atoms with E-state index >= 15 is 0 Å². The summed E-state index contributed by atoms with van der Waals surface area (Å²) in [6, 6.07) is -0.0122. The van der Waals surface area contributed by atoms with E-state index in [2.05, 4.69) is 20.6 Å². The molecule has 1 aliphatic heterocycles. The Hall–Kier alpha value is -1.04. The Morgan fingerprint density at radius 1 is 1.43 bits per heavy atom. The molecule has 0 aromatic carbocycles. The second-order valence-corrected chi connectivity index (χ2v) is 5.28. The van der Waals surface area contributed by atoms with Crippen molar-refractivity contribution in [2.24, 2.45) is 4.99 Å². The summed E-state index contributed by atoms with van der Waals surface area (Å²) >= 11 is 0. The number of hydrogen-bond acceptors (Lipinski definition) is 3. The van der Waals surface area contributed by atoms with Gasteiger partial charge in [-0.15, -0.1) is 24.0 Å². The largest absolute Gasteiger partial charge is 0.401 e. The quantitative estimate of drug-likeness (QED) is 0.407. The van der Waals surface area contributed by atoms with Gasteiger partial charge in [0.25, 0.3) is 0 Å². The Kier molecular flexibility index (Phi) is 8.09. The molecule has 1 unspecified atom stereocenters. The highest BCUT2D eigenvalue weighted by Gasteiger charge is 2.34. The topological polar surface area (TPSA) is 57.5 Å². The van der Waals surface area contributed by atoms with Crippen molar-refractivity contribution in [1.29, 1.82) is 0 Å². The molecule has 1 fully saturated rings. The lowest BCUT2D eigenvalue weighted by Gasteiger charge is -2.19. The van der Waals surface area contributed by atoms with Gasteiger partial charge in [-0.05, 0) is 6.42 Å². The number of rotatable bonds is 5. The third kappa shape index (κ3) is 7.38. The monoisotopic (exact) mass is 446 g/mol. The first-order valence-electron chi connectivity index (χ1n) is 7.18. The number of likely N-dealkylation sites (tertiary alicyclic amines) is 1. The molecule has 0 saturated carbocycles. The lowest BCUT2D eigenvalue weighted by molar-refractivity contribution is -0.143. The molecule has 2 rings (SSSR count). The Balaban J connectivity index is 0.00000264. The van der Waals surface area contributed by atoms with Gasteiger partial charge < -0.3 is 15.2 Å². The zero-order chi connectivity index (χ0) is 16.0. The van der Waals surface area contributed by atoms with E-state index in [-0.39, 0.29) is 30.0 Å². The van der Waals surface area contributed by atoms with Crippen molar-refractivity contribution in [3.05, 3.63) is 18.7 Å². The maximum absolute atomic E-state index is 12.4. The molecule has 1 atom stereocenters. The Morgan fingerprint density at radius 2 is 2.22 bits per heavy atom. The molecule has 23 heavy (non-hydrogen) atoms. The van der Waals surface area contributed by atoms with Gasteiger partial charge in [0, 0.05) is 51.7 Å². The molecule has 10 heteroatoms. The molecule has 2 heterocycles. The highest BCUT2D eigenvalue weighted by atomic mass is 127. The molecule has 1 aromatic rings. The Morgan fingerprint density at radius 3 is 2.83 bits per heavy atom. The van der Waals surface area contributed by atoms with E-state index in [1.54, 1.807) is 19.6 Å². The predicted octanol–water partition coefficient (Wildman–Crippen LogP) is 1.30. The van der Waals surface area contributed by atoms with Gasteiger partial charge in [0.1, 0.15) is 0 Å². The normalized spacial score (nSPS) is 19.5. The molecule has 1 saturated heterocycles. The molecule has 2 N–H and O–H groups in total. The standard InChI is InChI=1S/C13H21F3N6.HI/c1-17-12(19-4-7-21-6-3-18-10-21)20-11-2-5-22(8-11)9-13(14,15)16;/h3,6,10-11H,2,4-5,7-9H2,1H3,(H2,17,19,20);1H. The van der Waals surface area contributed by atoms with Crippen molar-refractivity contribution in [2.45, 2.75) is 25.2 Å². The minimum Gasteiger partial charge on any atom is -0.355 e. The molecular weight excluding hydrogens is 424 g/mol. The first-order valence-corrected chi connectivity index (χ1v) is 7.18. The fraction of sp³-hybridized carbons (Fsp3) is 0.692. The summed E-state index contributed by atoms with van der Waals surface area (Å²) in [6.07, 6.45) is 1.84. The second kappa shape index (κ2) is 9.30. The minimum absolute atomic E-state index is 0. The van der Waals surface area contributed by atoms with Gasteiger partial charge >= 0.3 is 6.18 Å². The summed E-state index contributed by atoms with van der Waals surface area (Å²) < 4.78 is 39.0. The third-order valence-electron chi connectivity index (χ3n) is 3.46. The van der Waals surface area contributed by atoms with Crippen LogP contribution in [0.5, 0.6) is 0 Å². The van der Waals surface area contributed by atoms with Crippen LogP contribution in [0.4, 0.5) is 13.2 Å². The van der Waals surface area contributed by atoms with Gasteiger partial charge in [0.15, 0.2) is 5.96 Å². The zero-order valence-electron chi connectivity index (χ0n) is 12.9. The molecule has 1 aromatic heterocycles. The van der Waals surface area contributed by atoms with Gasteiger partial charge in [0.05, 0.1) is 12.9 Å². The number of imidazole rings is 1. The van der Waals surface area contributed by atoms with E-state index in [1.807, 2.05) is 10.8 Å². The summed E-state index contributed by atoms with van der Waals surface area (Å²) in [5.74, 6) is 0.610. The van der Waals surface area contributed by atoms with Crippen LogP contribution in [0, 0.1) is 0 Å². The molecule has 0 aliphatic carbocycles. The van der Waals surface area contributed by atoms with Gasteiger partial charge in [-0.25, -0.2) is 4.98 Å².